The van der Waals surface area contributed by atoms with Gasteiger partial charge in [-0.25, -0.2) is 0 Å². The summed E-state index contributed by atoms with van der Waals surface area (Å²) in [6.45, 7) is 0.656. The van der Waals surface area contributed by atoms with Gasteiger partial charge in [-0.3, -0.25) is 9.59 Å². The number of nitrogens with zero attached hydrogens (tertiary/aromatic N) is 1. The molecule has 0 atom stereocenters. The standard InChI is InChI=1S/C26H22N2O3/c29-25(23-15-9-17-28(26(23)30)19-20-10-3-1-4-11-20)27-18-21-12-7-8-16-24(21)31-22-13-5-2-6-14-22/h1-17H,18-19H2,(H,27,29). The van der Waals surface area contributed by atoms with Crippen molar-refractivity contribution in [2.75, 3.05) is 0 Å². The first-order valence-electron chi connectivity index (χ1n) is 10.0. The fourth-order valence-electron chi connectivity index (χ4n) is 3.25. The number of ether oxygens (including phenoxy) is 1. The van der Waals surface area contributed by atoms with Crippen LogP contribution in [0.15, 0.2) is 108 Å². The highest BCUT2D eigenvalue weighted by molar-refractivity contribution is 5.93. The lowest BCUT2D eigenvalue weighted by Gasteiger charge is -2.12. The summed E-state index contributed by atoms with van der Waals surface area (Å²) < 4.78 is 7.48. The molecular weight excluding hydrogens is 388 g/mol. The smallest absolute Gasteiger partial charge is 0.263 e. The number of carbonyl (C=O) groups is 1. The Morgan fingerprint density at radius 2 is 1.48 bits per heavy atom. The van der Waals surface area contributed by atoms with E-state index in [0.29, 0.717) is 18.0 Å². The average molecular weight is 410 g/mol. The van der Waals surface area contributed by atoms with E-state index in [2.05, 4.69) is 5.32 Å². The molecule has 1 heterocycles. The van der Waals surface area contributed by atoms with Crippen molar-refractivity contribution in [1.82, 2.24) is 9.88 Å². The van der Waals surface area contributed by atoms with Gasteiger partial charge in [0, 0.05) is 18.3 Å². The number of para-hydroxylation sites is 2. The van der Waals surface area contributed by atoms with Crippen LogP contribution in [-0.4, -0.2) is 10.5 Å². The third kappa shape index (κ3) is 5.08. The van der Waals surface area contributed by atoms with Crippen molar-refractivity contribution in [3.8, 4) is 11.5 Å². The number of hydrogen-bond acceptors (Lipinski definition) is 3. The summed E-state index contributed by atoms with van der Waals surface area (Å²) in [5.74, 6) is 0.957. The van der Waals surface area contributed by atoms with Gasteiger partial charge < -0.3 is 14.6 Å². The maximum atomic E-state index is 12.8. The van der Waals surface area contributed by atoms with Gasteiger partial charge in [-0.15, -0.1) is 0 Å². The Kier molecular flexibility index (Phi) is 6.24. The van der Waals surface area contributed by atoms with Crippen LogP contribution in [0, 0.1) is 0 Å². The average Bonchev–Trinajstić information content (AvgIpc) is 2.81. The lowest BCUT2D eigenvalue weighted by molar-refractivity contribution is 0.0948. The molecule has 0 unspecified atom stereocenters. The largest absolute Gasteiger partial charge is 0.457 e. The number of aromatic nitrogens is 1. The third-order valence-corrected chi connectivity index (χ3v) is 4.84. The summed E-state index contributed by atoms with van der Waals surface area (Å²) in [5.41, 5.74) is 1.60. The molecule has 0 spiro atoms. The Morgan fingerprint density at radius 1 is 0.806 bits per heavy atom. The second-order valence-corrected chi connectivity index (χ2v) is 7.05. The molecule has 4 aromatic rings. The van der Waals surface area contributed by atoms with Crippen LogP contribution in [0.1, 0.15) is 21.5 Å². The Hall–Kier alpha value is -4.12. The van der Waals surface area contributed by atoms with Gasteiger partial charge in [0.05, 0.1) is 6.54 Å². The normalized spacial score (nSPS) is 10.5. The van der Waals surface area contributed by atoms with E-state index in [1.54, 1.807) is 18.3 Å². The van der Waals surface area contributed by atoms with Crippen molar-refractivity contribution >= 4 is 5.91 Å². The molecule has 0 aliphatic rings. The van der Waals surface area contributed by atoms with Crippen molar-refractivity contribution in [2.24, 2.45) is 0 Å². The second kappa shape index (κ2) is 9.59. The molecular formula is C26H22N2O3. The minimum absolute atomic E-state index is 0.111. The van der Waals surface area contributed by atoms with Crippen LogP contribution in [0.2, 0.25) is 0 Å². The first-order chi connectivity index (χ1) is 15.2. The van der Waals surface area contributed by atoms with Crippen LogP contribution < -0.4 is 15.6 Å². The summed E-state index contributed by atoms with van der Waals surface area (Å²) in [6, 6.07) is 29.9. The fraction of sp³-hybridized carbons (Fsp3) is 0.0769. The highest BCUT2D eigenvalue weighted by Crippen LogP contribution is 2.24. The number of nitrogens with one attached hydrogen (secondary N) is 1. The summed E-state index contributed by atoms with van der Waals surface area (Å²) in [7, 11) is 0. The number of pyridine rings is 1. The molecule has 4 rings (SSSR count). The molecule has 0 aliphatic carbocycles. The third-order valence-electron chi connectivity index (χ3n) is 4.84. The van der Waals surface area contributed by atoms with E-state index < -0.39 is 5.91 Å². The molecule has 154 valence electrons. The van der Waals surface area contributed by atoms with Gasteiger partial charge in [0.25, 0.3) is 11.5 Å². The van der Waals surface area contributed by atoms with E-state index in [0.717, 1.165) is 11.1 Å². The summed E-state index contributed by atoms with van der Waals surface area (Å²) in [4.78, 5) is 25.6. The molecule has 0 saturated carbocycles. The van der Waals surface area contributed by atoms with Gasteiger partial charge in [0.15, 0.2) is 0 Å². The van der Waals surface area contributed by atoms with Gasteiger partial charge in [0.1, 0.15) is 17.1 Å². The van der Waals surface area contributed by atoms with Gasteiger partial charge in [-0.05, 0) is 35.9 Å². The van der Waals surface area contributed by atoms with Crippen LogP contribution in [0.25, 0.3) is 0 Å². The maximum Gasteiger partial charge on any atom is 0.263 e. The van der Waals surface area contributed by atoms with E-state index in [4.69, 9.17) is 4.74 Å². The lowest BCUT2D eigenvalue weighted by atomic mass is 10.2. The number of hydrogen-bond donors (Lipinski definition) is 1. The van der Waals surface area contributed by atoms with Crippen molar-refractivity contribution in [1.29, 1.82) is 0 Å². The number of benzene rings is 3. The molecule has 1 amide bonds. The molecule has 0 radical (unpaired) electrons. The Balaban J connectivity index is 1.47. The first-order valence-corrected chi connectivity index (χ1v) is 10.0. The summed E-state index contributed by atoms with van der Waals surface area (Å²) in [6.07, 6.45) is 1.69. The van der Waals surface area contributed by atoms with Crippen LogP contribution in [0.3, 0.4) is 0 Å². The predicted molar refractivity (Wildman–Crippen MR) is 120 cm³/mol. The van der Waals surface area contributed by atoms with Crippen LogP contribution >= 0.6 is 0 Å². The molecule has 5 heteroatoms. The molecule has 0 aliphatic heterocycles. The van der Waals surface area contributed by atoms with Crippen LogP contribution in [-0.2, 0) is 13.1 Å². The van der Waals surface area contributed by atoms with Crippen LogP contribution in [0.5, 0.6) is 11.5 Å². The molecule has 31 heavy (non-hydrogen) atoms. The predicted octanol–water partition coefficient (Wildman–Crippen LogP) is 4.62. The fourth-order valence-corrected chi connectivity index (χ4v) is 3.25. The Morgan fingerprint density at radius 3 is 2.26 bits per heavy atom. The van der Waals surface area contributed by atoms with Gasteiger partial charge in [-0.1, -0.05) is 66.7 Å². The van der Waals surface area contributed by atoms with Crippen molar-refractivity contribution < 1.29 is 9.53 Å². The number of carbonyl (C=O) groups excluding carboxylic acids is 1. The molecule has 0 fully saturated rings. The molecule has 3 aromatic carbocycles. The molecule has 0 bridgehead atoms. The SMILES string of the molecule is O=C(NCc1ccccc1Oc1ccccc1)c1cccn(Cc2ccccc2)c1=O. The van der Waals surface area contributed by atoms with Crippen molar-refractivity contribution in [3.63, 3.8) is 0 Å². The van der Waals surface area contributed by atoms with Gasteiger partial charge in [-0.2, -0.15) is 0 Å². The number of rotatable bonds is 7. The second-order valence-electron chi connectivity index (χ2n) is 7.05. The van der Waals surface area contributed by atoms with Crippen molar-refractivity contribution in [2.45, 2.75) is 13.1 Å². The topological polar surface area (TPSA) is 60.3 Å². The highest BCUT2D eigenvalue weighted by Gasteiger charge is 2.13. The van der Waals surface area contributed by atoms with E-state index in [9.17, 15) is 9.59 Å². The summed E-state index contributed by atoms with van der Waals surface area (Å²) >= 11 is 0. The van der Waals surface area contributed by atoms with Gasteiger partial charge >= 0.3 is 0 Å². The van der Waals surface area contributed by atoms with E-state index >= 15 is 0 Å². The molecule has 1 N–H and O–H groups in total. The molecule has 5 nitrogen and oxygen atoms in total. The zero-order valence-electron chi connectivity index (χ0n) is 16.9. The minimum atomic E-state index is -0.415. The maximum absolute atomic E-state index is 12.8. The van der Waals surface area contributed by atoms with E-state index in [1.807, 2.05) is 84.9 Å². The van der Waals surface area contributed by atoms with Gasteiger partial charge in [0.2, 0.25) is 0 Å². The Bertz CT molecular complexity index is 1220. The van der Waals surface area contributed by atoms with Crippen molar-refractivity contribution in [3.05, 3.63) is 130 Å². The molecule has 0 saturated heterocycles. The minimum Gasteiger partial charge on any atom is -0.457 e. The van der Waals surface area contributed by atoms with E-state index in [1.165, 1.54) is 4.57 Å². The van der Waals surface area contributed by atoms with Crippen LogP contribution in [0.4, 0.5) is 0 Å². The lowest BCUT2D eigenvalue weighted by Crippen LogP contribution is -2.32. The summed E-state index contributed by atoms with van der Waals surface area (Å²) in [5, 5.41) is 2.84. The van der Waals surface area contributed by atoms with E-state index in [-0.39, 0.29) is 17.7 Å². The zero-order chi connectivity index (χ0) is 21.5. The zero-order valence-corrected chi connectivity index (χ0v) is 16.9. The highest BCUT2D eigenvalue weighted by atomic mass is 16.5. The quantitative estimate of drug-likeness (QED) is 0.484. The number of amides is 1. The first kappa shape index (κ1) is 20.2. The monoisotopic (exact) mass is 410 g/mol. The molecule has 1 aromatic heterocycles. The Labute approximate surface area is 180 Å².